The number of pyridine rings is 1. The van der Waals surface area contributed by atoms with Gasteiger partial charge in [0.15, 0.2) is 0 Å². The third kappa shape index (κ3) is 15.7. The normalized spacial score (nSPS) is 16.3. The van der Waals surface area contributed by atoms with Crippen molar-refractivity contribution in [2.24, 2.45) is 28.5 Å². The van der Waals surface area contributed by atoms with Crippen molar-refractivity contribution in [3.8, 4) is 0 Å². The monoisotopic (exact) mass is 875 g/mol. The van der Waals surface area contributed by atoms with Gasteiger partial charge in [-0.3, -0.25) is 29.0 Å². The number of amides is 5. The van der Waals surface area contributed by atoms with Gasteiger partial charge in [-0.2, -0.15) is 0 Å². The van der Waals surface area contributed by atoms with E-state index in [1.807, 2.05) is 55.2 Å². The predicted octanol–water partition coefficient (Wildman–Crippen LogP) is 8.02. The van der Waals surface area contributed by atoms with Crippen LogP contribution in [0, 0.1) is 17.8 Å². The Labute approximate surface area is 379 Å². The van der Waals surface area contributed by atoms with E-state index in [-0.39, 0.29) is 54.8 Å². The second kappa shape index (κ2) is 25.4. The molecule has 2 aliphatic rings. The number of unbranched alkanes of at least 4 members (excludes halogenated alkanes) is 2. The number of nitrogens with one attached hydrogen (secondary N) is 4. The molecule has 0 spiro atoms. The van der Waals surface area contributed by atoms with E-state index in [1.54, 1.807) is 30.5 Å². The molecule has 1 aromatic heterocycles. The average molecular weight is 875 g/mol. The van der Waals surface area contributed by atoms with Crippen LogP contribution >= 0.6 is 0 Å². The maximum absolute atomic E-state index is 13.6. The first-order valence-electron chi connectivity index (χ1n) is 23.5. The number of carbonyl (C=O) groups excluding carboxylic acids is 5. The first kappa shape index (κ1) is 49.2. The summed E-state index contributed by atoms with van der Waals surface area (Å²) < 4.78 is 0. The second-order valence-corrected chi connectivity index (χ2v) is 17.9. The van der Waals surface area contributed by atoms with Crippen LogP contribution in [0.1, 0.15) is 138 Å². The molecule has 5 rings (SSSR count). The van der Waals surface area contributed by atoms with Crippen molar-refractivity contribution in [3.63, 3.8) is 0 Å². The molecule has 1 saturated carbocycles. The minimum atomic E-state index is -0.800. The third-order valence-corrected chi connectivity index (χ3v) is 12.0. The van der Waals surface area contributed by atoms with Crippen LogP contribution in [0.4, 0.5) is 11.4 Å². The molecular formula is C51H70N8O5. The van der Waals surface area contributed by atoms with Gasteiger partial charge in [0.05, 0.1) is 17.6 Å². The van der Waals surface area contributed by atoms with Crippen LogP contribution in [0.3, 0.4) is 0 Å². The van der Waals surface area contributed by atoms with E-state index in [4.69, 9.17) is 5.73 Å². The van der Waals surface area contributed by atoms with Gasteiger partial charge in [0.25, 0.3) is 5.91 Å². The minimum absolute atomic E-state index is 0.0584. The molecule has 1 atom stereocenters. The van der Waals surface area contributed by atoms with Crippen LogP contribution in [0.2, 0.25) is 0 Å². The summed E-state index contributed by atoms with van der Waals surface area (Å²) in [6, 6.07) is 15.6. The Hall–Kier alpha value is -5.85. The number of carbonyl (C=O) groups is 5. The topological polar surface area (TPSA) is 188 Å². The summed E-state index contributed by atoms with van der Waals surface area (Å²) >= 11 is 0. The second-order valence-electron chi connectivity index (χ2n) is 17.9. The SMILES string of the molecule is CCCN(CCC)C(=O)C1=Cc2ccc(C(=O)Nc3cncc(CNC(=O)C(Cc4ccccc4)NC(=O)CCCCCNC(=O)C4CCC(CCC(C)C)CC4)c3)cc2N=C(N)C1. The van der Waals surface area contributed by atoms with Gasteiger partial charge in [-0.05, 0) is 98.6 Å². The van der Waals surface area contributed by atoms with Gasteiger partial charge in [0.2, 0.25) is 23.6 Å². The van der Waals surface area contributed by atoms with Gasteiger partial charge in [-0.15, -0.1) is 0 Å². The Morgan fingerprint density at radius 3 is 2.33 bits per heavy atom. The molecular weight excluding hydrogens is 805 g/mol. The lowest BCUT2D eigenvalue weighted by molar-refractivity contribution is -0.129. The van der Waals surface area contributed by atoms with Crippen molar-refractivity contribution in [1.29, 1.82) is 0 Å². The Balaban J connectivity index is 1.10. The molecule has 2 aromatic carbocycles. The van der Waals surface area contributed by atoms with E-state index in [1.165, 1.54) is 19.0 Å². The van der Waals surface area contributed by atoms with Gasteiger partial charge in [0, 0.05) is 74.3 Å². The molecule has 64 heavy (non-hydrogen) atoms. The van der Waals surface area contributed by atoms with Crippen molar-refractivity contribution < 1.29 is 24.0 Å². The Bertz CT molecular complexity index is 2090. The average Bonchev–Trinajstić information content (AvgIpc) is 3.46. The molecule has 1 unspecified atom stereocenters. The molecule has 3 aromatic rings. The molecule has 1 fully saturated rings. The lowest BCUT2D eigenvalue weighted by Crippen LogP contribution is -2.47. The molecule has 0 saturated heterocycles. The summed E-state index contributed by atoms with van der Waals surface area (Å²) in [6.45, 7) is 10.7. The Kier molecular flexibility index (Phi) is 19.5. The van der Waals surface area contributed by atoms with E-state index < -0.39 is 6.04 Å². The van der Waals surface area contributed by atoms with Crippen LogP contribution in [-0.2, 0) is 32.1 Å². The Morgan fingerprint density at radius 1 is 0.859 bits per heavy atom. The quantitative estimate of drug-likeness (QED) is 0.0597. The van der Waals surface area contributed by atoms with Crippen molar-refractivity contribution in [2.45, 2.75) is 130 Å². The maximum Gasteiger partial charge on any atom is 0.255 e. The van der Waals surface area contributed by atoms with Crippen LogP contribution in [0.15, 0.2) is 77.6 Å². The molecule has 2 heterocycles. The van der Waals surface area contributed by atoms with Crippen LogP contribution in [-0.4, -0.2) is 70.9 Å². The van der Waals surface area contributed by atoms with Gasteiger partial charge in [-0.1, -0.05) is 83.4 Å². The van der Waals surface area contributed by atoms with E-state index in [9.17, 15) is 24.0 Å². The molecule has 5 amide bonds. The van der Waals surface area contributed by atoms with Crippen molar-refractivity contribution in [3.05, 3.63) is 94.8 Å². The van der Waals surface area contributed by atoms with Crippen molar-refractivity contribution in [2.75, 3.05) is 25.0 Å². The number of aliphatic imine (C=N–C) groups is 1. The van der Waals surface area contributed by atoms with Gasteiger partial charge in [-0.25, -0.2) is 4.99 Å². The zero-order chi connectivity index (χ0) is 45.8. The number of rotatable bonds is 23. The fraction of sp³-hybridized carbons (Fsp3) is 0.510. The number of nitrogens with zero attached hydrogens (tertiary/aromatic N) is 3. The van der Waals surface area contributed by atoms with Crippen LogP contribution in [0.25, 0.3) is 6.08 Å². The zero-order valence-electron chi connectivity index (χ0n) is 38.4. The zero-order valence-corrected chi connectivity index (χ0v) is 38.4. The molecule has 0 bridgehead atoms. The first-order valence-corrected chi connectivity index (χ1v) is 23.5. The van der Waals surface area contributed by atoms with Crippen molar-refractivity contribution in [1.82, 2.24) is 25.8 Å². The predicted molar refractivity (Wildman–Crippen MR) is 255 cm³/mol. The van der Waals surface area contributed by atoms with Gasteiger partial charge >= 0.3 is 0 Å². The summed E-state index contributed by atoms with van der Waals surface area (Å²) in [5.74, 6) is 1.06. The highest BCUT2D eigenvalue weighted by molar-refractivity contribution is 6.08. The number of hydrogen-bond acceptors (Lipinski definition) is 8. The summed E-state index contributed by atoms with van der Waals surface area (Å²) in [7, 11) is 0. The summed E-state index contributed by atoms with van der Waals surface area (Å²) in [6.07, 6.45) is 16.4. The van der Waals surface area contributed by atoms with Crippen LogP contribution < -0.4 is 27.0 Å². The fourth-order valence-corrected chi connectivity index (χ4v) is 8.45. The molecule has 0 radical (unpaired) electrons. The van der Waals surface area contributed by atoms with Gasteiger partial charge < -0.3 is 31.9 Å². The highest BCUT2D eigenvalue weighted by Crippen LogP contribution is 2.33. The van der Waals surface area contributed by atoms with Crippen LogP contribution in [0.5, 0.6) is 0 Å². The molecule has 13 heteroatoms. The summed E-state index contributed by atoms with van der Waals surface area (Å²) in [5, 5.41) is 11.9. The number of amidine groups is 1. The molecule has 1 aliphatic heterocycles. The highest BCUT2D eigenvalue weighted by atomic mass is 16.2. The summed E-state index contributed by atoms with van der Waals surface area (Å²) in [4.78, 5) is 77.0. The molecule has 6 N–H and O–H groups in total. The lowest BCUT2D eigenvalue weighted by atomic mass is 9.79. The number of fused-ring (bicyclic) bond motifs is 1. The fourth-order valence-electron chi connectivity index (χ4n) is 8.45. The van der Waals surface area contributed by atoms with E-state index in [2.05, 4.69) is 45.1 Å². The smallest absolute Gasteiger partial charge is 0.255 e. The van der Waals surface area contributed by atoms with E-state index in [0.717, 1.165) is 68.8 Å². The number of hydrogen-bond donors (Lipinski definition) is 5. The number of aromatic nitrogens is 1. The molecule has 1 aliphatic carbocycles. The largest absolute Gasteiger partial charge is 0.387 e. The minimum Gasteiger partial charge on any atom is -0.387 e. The lowest BCUT2D eigenvalue weighted by Gasteiger charge is -2.28. The van der Waals surface area contributed by atoms with Gasteiger partial charge in [0.1, 0.15) is 11.9 Å². The number of benzene rings is 2. The standard InChI is InChI=1S/C51H70N8O5/c1-5-25-59(26-6-2)51(64)42-29-40-22-23-41(30-44(40)57-46(52)31-42)49(62)56-43-27-38(32-53-34-43)33-55-50(63)45(28-37-13-9-7-10-14-37)58-47(60)15-11-8-12-24-54-48(61)39-20-18-36(19-21-39)17-16-35(3)4/h7,9-10,13-14,22-23,27,29-30,32,34-36,39,45H,5-6,8,11-12,15-21,24-26,28,31,33H2,1-4H3,(H2,52,57)(H,54,61)(H,55,63)(H,56,62)(H,58,60). The molecule has 13 nitrogen and oxygen atoms in total. The van der Waals surface area contributed by atoms with E-state index in [0.29, 0.717) is 71.9 Å². The third-order valence-electron chi connectivity index (χ3n) is 12.0. The highest BCUT2D eigenvalue weighted by Gasteiger charge is 2.27. The molecule has 344 valence electrons. The van der Waals surface area contributed by atoms with E-state index >= 15 is 0 Å². The maximum atomic E-state index is 13.6. The number of anilines is 1. The Morgan fingerprint density at radius 2 is 1.61 bits per heavy atom. The van der Waals surface area contributed by atoms with Crippen molar-refractivity contribution >= 4 is 52.8 Å². The first-order chi connectivity index (χ1) is 30.9. The number of nitrogens with two attached hydrogens (primary N) is 1. The summed E-state index contributed by atoms with van der Waals surface area (Å²) in [5.41, 5.74) is 10.4.